The Morgan fingerprint density at radius 1 is 1.18 bits per heavy atom. The van der Waals surface area contributed by atoms with Crippen LogP contribution in [0.4, 0.5) is 0 Å². The number of rotatable bonds is 7. The third-order valence-corrected chi connectivity index (χ3v) is 3.74. The highest BCUT2D eigenvalue weighted by atomic mass is 79.9. The fourth-order valence-corrected chi connectivity index (χ4v) is 2.65. The van der Waals surface area contributed by atoms with Crippen molar-refractivity contribution in [3.63, 3.8) is 0 Å². The van der Waals surface area contributed by atoms with E-state index in [9.17, 15) is 0 Å². The van der Waals surface area contributed by atoms with Crippen molar-refractivity contribution in [2.75, 3.05) is 0 Å². The number of halogens is 1. The topological polar surface area (TPSA) is 26.0 Å². The first kappa shape index (κ1) is 14.7. The predicted octanol–water partition coefficient (Wildman–Crippen LogP) is 5.12. The molecular weight excluding hydrogens is 274 g/mol. The third-order valence-electron chi connectivity index (χ3n) is 3.25. The SMILES string of the molecule is CCCCCCCC(N)c1ccc(Br)cc1C. The number of aryl methyl sites for hydroxylation is 1. The third kappa shape index (κ3) is 5.22. The Kier molecular flexibility index (Phi) is 6.83. The van der Waals surface area contributed by atoms with E-state index in [1.165, 1.54) is 43.2 Å². The van der Waals surface area contributed by atoms with E-state index in [1.807, 2.05) is 0 Å². The molecule has 96 valence electrons. The number of hydrogen-bond donors (Lipinski definition) is 1. The molecule has 0 saturated carbocycles. The van der Waals surface area contributed by atoms with E-state index in [0.717, 1.165) is 10.9 Å². The first-order chi connectivity index (χ1) is 8.15. The van der Waals surface area contributed by atoms with Crippen LogP contribution in [0, 0.1) is 6.92 Å². The highest BCUT2D eigenvalue weighted by molar-refractivity contribution is 9.10. The second-order valence-corrected chi connectivity index (χ2v) is 5.73. The zero-order valence-electron chi connectivity index (χ0n) is 11.0. The molecule has 17 heavy (non-hydrogen) atoms. The Morgan fingerprint density at radius 2 is 1.88 bits per heavy atom. The summed E-state index contributed by atoms with van der Waals surface area (Å²) in [4.78, 5) is 0. The van der Waals surface area contributed by atoms with Crippen LogP contribution >= 0.6 is 15.9 Å². The van der Waals surface area contributed by atoms with Crippen LogP contribution in [0.1, 0.15) is 62.6 Å². The van der Waals surface area contributed by atoms with Crippen LogP contribution in [0.5, 0.6) is 0 Å². The highest BCUT2D eigenvalue weighted by Gasteiger charge is 2.08. The minimum Gasteiger partial charge on any atom is -0.324 e. The average molecular weight is 298 g/mol. The molecule has 2 N–H and O–H groups in total. The van der Waals surface area contributed by atoms with Gasteiger partial charge < -0.3 is 5.73 Å². The monoisotopic (exact) mass is 297 g/mol. The van der Waals surface area contributed by atoms with Crippen molar-refractivity contribution in [3.8, 4) is 0 Å². The minimum atomic E-state index is 0.199. The van der Waals surface area contributed by atoms with Gasteiger partial charge in [0.15, 0.2) is 0 Å². The lowest BCUT2D eigenvalue weighted by atomic mass is 9.97. The molecule has 0 bridgehead atoms. The van der Waals surface area contributed by atoms with Gasteiger partial charge in [0.1, 0.15) is 0 Å². The van der Waals surface area contributed by atoms with Gasteiger partial charge in [-0.3, -0.25) is 0 Å². The summed E-state index contributed by atoms with van der Waals surface area (Å²) in [7, 11) is 0. The van der Waals surface area contributed by atoms with Crippen molar-refractivity contribution in [3.05, 3.63) is 33.8 Å². The Morgan fingerprint density at radius 3 is 2.53 bits per heavy atom. The maximum atomic E-state index is 6.25. The van der Waals surface area contributed by atoms with Crippen LogP contribution in [0.15, 0.2) is 22.7 Å². The molecule has 1 aromatic rings. The summed E-state index contributed by atoms with van der Waals surface area (Å²) in [5.74, 6) is 0. The molecule has 0 heterocycles. The molecule has 1 nitrogen and oxygen atoms in total. The molecular formula is C15H24BrN. The van der Waals surface area contributed by atoms with Gasteiger partial charge in [0, 0.05) is 10.5 Å². The van der Waals surface area contributed by atoms with Crippen LogP contribution in [-0.4, -0.2) is 0 Å². The number of nitrogens with two attached hydrogens (primary N) is 1. The van der Waals surface area contributed by atoms with Crippen LogP contribution in [-0.2, 0) is 0 Å². The molecule has 2 heteroatoms. The summed E-state index contributed by atoms with van der Waals surface area (Å²) in [6.45, 7) is 4.38. The molecule has 0 radical (unpaired) electrons. The van der Waals surface area contributed by atoms with Gasteiger partial charge in [-0.2, -0.15) is 0 Å². The molecule has 0 saturated heterocycles. The van der Waals surface area contributed by atoms with Gasteiger partial charge in [0.05, 0.1) is 0 Å². The largest absolute Gasteiger partial charge is 0.324 e. The maximum absolute atomic E-state index is 6.25. The lowest BCUT2D eigenvalue weighted by molar-refractivity contribution is 0.554. The fraction of sp³-hybridized carbons (Fsp3) is 0.600. The van der Waals surface area contributed by atoms with Crippen molar-refractivity contribution in [2.24, 2.45) is 5.73 Å². The van der Waals surface area contributed by atoms with Gasteiger partial charge in [-0.15, -0.1) is 0 Å². The summed E-state index contributed by atoms with van der Waals surface area (Å²) in [5, 5.41) is 0. The molecule has 1 aromatic carbocycles. The lowest BCUT2D eigenvalue weighted by Crippen LogP contribution is -2.11. The minimum absolute atomic E-state index is 0.199. The van der Waals surface area contributed by atoms with Crippen molar-refractivity contribution in [1.29, 1.82) is 0 Å². The molecule has 1 rings (SSSR count). The number of benzene rings is 1. The van der Waals surface area contributed by atoms with E-state index in [-0.39, 0.29) is 6.04 Å². The van der Waals surface area contributed by atoms with Gasteiger partial charge in [-0.25, -0.2) is 0 Å². The molecule has 0 spiro atoms. The standard InChI is InChI=1S/C15H24BrN/c1-3-4-5-6-7-8-15(17)14-10-9-13(16)11-12(14)2/h9-11,15H,3-8,17H2,1-2H3. The lowest BCUT2D eigenvalue weighted by Gasteiger charge is -2.15. The van der Waals surface area contributed by atoms with E-state index < -0.39 is 0 Å². The van der Waals surface area contributed by atoms with E-state index in [1.54, 1.807) is 0 Å². The van der Waals surface area contributed by atoms with E-state index in [4.69, 9.17) is 5.73 Å². The van der Waals surface area contributed by atoms with Crippen LogP contribution < -0.4 is 5.73 Å². The molecule has 0 aliphatic heterocycles. The van der Waals surface area contributed by atoms with Crippen LogP contribution in [0.25, 0.3) is 0 Å². The Balaban J connectivity index is 2.38. The zero-order valence-corrected chi connectivity index (χ0v) is 12.6. The smallest absolute Gasteiger partial charge is 0.0297 e. The molecule has 0 aromatic heterocycles. The molecule has 1 atom stereocenters. The first-order valence-electron chi connectivity index (χ1n) is 6.66. The van der Waals surface area contributed by atoms with Gasteiger partial charge in [-0.05, 0) is 36.6 Å². The highest BCUT2D eigenvalue weighted by Crippen LogP contribution is 2.24. The summed E-state index contributed by atoms with van der Waals surface area (Å²) < 4.78 is 1.13. The van der Waals surface area contributed by atoms with Crippen molar-refractivity contribution in [2.45, 2.75) is 58.4 Å². The number of unbranched alkanes of at least 4 members (excludes halogenated alkanes) is 4. The van der Waals surface area contributed by atoms with Crippen molar-refractivity contribution >= 4 is 15.9 Å². The summed E-state index contributed by atoms with van der Waals surface area (Å²) >= 11 is 3.49. The van der Waals surface area contributed by atoms with Crippen molar-refractivity contribution < 1.29 is 0 Å². The van der Waals surface area contributed by atoms with Gasteiger partial charge in [-0.1, -0.05) is 61.0 Å². The Hall–Kier alpha value is -0.340. The van der Waals surface area contributed by atoms with E-state index in [0.29, 0.717) is 0 Å². The molecule has 0 fully saturated rings. The van der Waals surface area contributed by atoms with Gasteiger partial charge in [0.2, 0.25) is 0 Å². The molecule has 0 amide bonds. The van der Waals surface area contributed by atoms with Gasteiger partial charge >= 0.3 is 0 Å². The summed E-state index contributed by atoms with van der Waals surface area (Å²) in [6.07, 6.45) is 7.67. The average Bonchev–Trinajstić information content (AvgIpc) is 2.28. The normalized spacial score (nSPS) is 12.7. The van der Waals surface area contributed by atoms with Crippen LogP contribution in [0.3, 0.4) is 0 Å². The van der Waals surface area contributed by atoms with E-state index >= 15 is 0 Å². The Bertz CT molecular complexity index is 336. The second kappa shape index (κ2) is 7.88. The summed E-state index contributed by atoms with van der Waals surface area (Å²) in [6, 6.07) is 6.58. The molecule has 1 unspecified atom stereocenters. The molecule has 0 aliphatic carbocycles. The second-order valence-electron chi connectivity index (χ2n) is 4.81. The predicted molar refractivity (Wildman–Crippen MR) is 79.2 cm³/mol. The fourth-order valence-electron chi connectivity index (χ4n) is 2.18. The zero-order chi connectivity index (χ0) is 12.7. The maximum Gasteiger partial charge on any atom is 0.0297 e. The van der Waals surface area contributed by atoms with E-state index in [2.05, 4.69) is 48.0 Å². The quantitative estimate of drug-likeness (QED) is 0.695. The first-order valence-corrected chi connectivity index (χ1v) is 7.46. The van der Waals surface area contributed by atoms with Crippen molar-refractivity contribution in [1.82, 2.24) is 0 Å². The summed E-state index contributed by atoms with van der Waals surface area (Å²) in [5.41, 5.74) is 8.83. The van der Waals surface area contributed by atoms with Gasteiger partial charge in [0.25, 0.3) is 0 Å². The molecule has 0 aliphatic rings. The number of hydrogen-bond acceptors (Lipinski definition) is 1. The Labute approximate surface area is 114 Å². The van der Waals surface area contributed by atoms with Crippen LogP contribution in [0.2, 0.25) is 0 Å².